The Hall–Kier alpha value is -4.46. The van der Waals surface area contributed by atoms with E-state index in [2.05, 4.69) is 20.4 Å². The third-order valence-corrected chi connectivity index (χ3v) is 4.63. The highest BCUT2D eigenvalue weighted by Gasteiger charge is 2.12. The molecule has 4 N–H and O–H groups in total. The number of fused-ring (bicyclic) bond motifs is 1. The van der Waals surface area contributed by atoms with Crippen LogP contribution in [0.5, 0.6) is 5.75 Å². The van der Waals surface area contributed by atoms with Crippen molar-refractivity contribution >= 4 is 34.6 Å². The Kier molecular flexibility index (Phi) is 5.70. The lowest BCUT2D eigenvalue weighted by Crippen LogP contribution is -2.03. The van der Waals surface area contributed by atoms with Crippen LogP contribution in [0.25, 0.3) is 10.8 Å². The van der Waals surface area contributed by atoms with Gasteiger partial charge in [0.2, 0.25) is 5.95 Å². The zero-order chi connectivity index (χ0) is 21.6. The number of hydrogen-bond acceptors (Lipinski definition) is 7. The molecule has 8 heteroatoms. The number of carbonyl (C=O) groups is 1. The highest BCUT2D eigenvalue weighted by atomic mass is 16.5. The maximum absolute atomic E-state index is 11.0. The summed E-state index contributed by atoms with van der Waals surface area (Å²) in [6, 6.07) is 18.0. The second kappa shape index (κ2) is 8.91. The van der Waals surface area contributed by atoms with Gasteiger partial charge in [0.05, 0.1) is 17.5 Å². The zero-order valence-electron chi connectivity index (χ0n) is 16.4. The first-order valence-corrected chi connectivity index (χ1v) is 9.43. The molecule has 0 fully saturated rings. The van der Waals surface area contributed by atoms with E-state index in [1.54, 1.807) is 48.9 Å². The van der Waals surface area contributed by atoms with Crippen molar-refractivity contribution in [2.75, 3.05) is 5.32 Å². The summed E-state index contributed by atoms with van der Waals surface area (Å²) >= 11 is 0. The normalized spacial score (nSPS) is 11.0. The predicted octanol–water partition coefficient (Wildman–Crippen LogP) is 3.94. The molecule has 3 aromatic carbocycles. The van der Waals surface area contributed by atoms with Crippen LogP contribution in [0.15, 0.2) is 78.2 Å². The predicted molar refractivity (Wildman–Crippen MR) is 119 cm³/mol. The topological polar surface area (TPSA) is 123 Å². The third-order valence-electron chi connectivity index (χ3n) is 4.63. The fraction of sp³-hybridized carbons (Fsp3) is 0.0435. The number of nitrogens with two attached hydrogens (primary N) is 1. The van der Waals surface area contributed by atoms with Gasteiger partial charge in [0.1, 0.15) is 12.4 Å². The standard InChI is InChI=1S/C23H19N5O3/c24-27-13-16-4-5-17-8-9-20(31-14-15-2-6-18(7-3-15)22(29)30)21(19(17)12-16)28-23-25-10-1-11-26-23/h1-13H,14,24H2,(H,29,30)(H,25,26,28). The minimum absolute atomic E-state index is 0.229. The summed E-state index contributed by atoms with van der Waals surface area (Å²) in [5, 5.41) is 17.8. The molecule has 4 rings (SSSR count). The van der Waals surface area contributed by atoms with E-state index in [1.807, 2.05) is 30.3 Å². The van der Waals surface area contributed by atoms with Crippen molar-refractivity contribution in [1.82, 2.24) is 9.97 Å². The van der Waals surface area contributed by atoms with Gasteiger partial charge in [0.15, 0.2) is 0 Å². The van der Waals surface area contributed by atoms with E-state index in [-0.39, 0.29) is 12.2 Å². The summed E-state index contributed by atoms with van der Waals surface area (Å²) in [5.41, 5.74) is 2.62. The van der Waals surface area contributed by atoms with Crippen molar-refractivity contribution in [2.45, 2.75) is 6.61 Å². The van der Waals surface area contributed by atoms with Crippen molar-refractivity contribution < 1.29 is 14.6 Å². The first kappa shape index (κ1) is 19.8. The van der Waals surface area contributed by atoms with Gasteiger partial charge >= 0.3 is 5.97 Å². The van der Waals surface area contributed by atoms with Crippen LogP contribution in [0.2, 0.25) is 0 Å². The number of anilines is 2. The van der Waals surface area contributed by atoms with Crippen LogP contribution in [-0.4, -0.2) is 27.3 Å². The molecule has 1 heterocycles. The number of benzene rings is 3. The molecule has 0 saturated heterocycles. The number of hydrazone groups is 1. The van der Waals surface area contributed by atoms with Crippen LogP contribution < -0.4 is 15.9 Å². The Morgan fingerprint density at radius 2 is 1.84 bits per heavy atom. The van der Waals surface area contributed by atoms with E-state index in [0.717, 1.165) is 21.9 Å². The molecule has 0 aliphatic rings. The van der Waals surface area contributed by atoms with Gasteiger partial charge in [-0.15, -0.1) is 0 Å². The Morgan fingerprint density at radius 3 is 2.55 bits per heavy atom. The van der Waals surface area contributed by atoms with Gasteiger partial charge in [0.25, 0.3) is 0 Å². The average molecular weight is 413 g/mol. The molecular formula is C23H19N5O3. The molecule has 0 saturated carbocycles. The molecule has 8 nitrogen and oxygen atoms in total. The lowest BCUT2D eigenvalue weighted by molar-refractivity contribution is 0.0697. The van der Waals surface area contributed by atoms with Crippen molar-refractivity contribution in [3.05, 3.63) is 89.7 Å². The SMILES string of the molecule is NN=Cc1ccc2ccc(OCc3ccc(C(=O)O)cc3)c(Nc3ncccn3)c2c1. The molecule has 0 aliphatic heterocycles. The Morgan fingerprint density at radius 1 is 1.10 bits per heavy atom. The van der Waals surface area contributed by atoms with Gasteiger partial charge in [0, 0.05) is 17.8 Å². The third kappa shape index (κ3) is 4.59. The zero-order valence-corrected chi connectivity index (χ0v) is 16.4. The van der Waals surface area contributed by atoms with Crippen LogP contribution in [0.3, 0.4) is 0 Å². The lowest BCUT2D eigenvalue weighted by Gasteiger charge is -2.16. The Bertz CT molecular complexity index is 1240. The van der Waals surface area contributed by atoms with E-state index >= 15 is 0 Å². The highest BCUT2D eigenvalue weighted by molar-refractivity contribution is 6.01. The van der Waals surface area contributed by atoms with Crippen molar-refractivity contribution in [1.29, 1.82) is 0 Å². The van der Waals surface area contributed by atoms with Gasteiger partial charge in [-0.05, 0) is 46.8 Å². The summed E-state index contributed by atoms with van der Waals surface area (Å²) in [6.45, 7) is 0.264. The summed E-state index contributed by atoms with van der Waals surface area (Å²) in [7, 11) is 0. The first-order valence-electron chi connectivity index (χ1n) is 9.43. The molecule has 0 radical (unpaired) electrons. The second-order valence-corrected chi connectivity index (χ2v) is 6.69. The maximum atomic E-state index is 11.0. The number of aromatic carboxylic acids is 1. The summed E-state index contributed by atoms with van der Waals surface area (Å²) in [5.74, 6) is 5.38. The number of carboxylic acid groups (broad SMARTS) is 1. The van der Waals surface area contributed by atoms with Gasteiger partial charge in [-0.2, -0.15) is 5.10 Å². The Balaban J connectivity index is 1.70. The highest BCUT2D eigenvalue weighted by Crippen LogP contribution is 2.36. The molecule has 31 heavy (non-hydrogen) atoms. The van der Waals surface area contributed by atoms with Crippen LogP contribution in [-0.2, 0) is 6.61 Å². The molecule has 0 bridgehead atoms. The largest absolute Gasteiger partial charge is 0.487 e. The molecule has 4 aromatic rings. The number of nitrogens with one attached hydrogen (secondary N) is 1. The number of ether oxygens (including phenoxy) is 1. The first-order chi connectivity index (χ1) is 15.1. The van der Waals surface area contributed by atoms with Crippen LogP contribution >= 0.6 is 0 Å². The van der Waals surface area contributed by atoms with Crippen LogP contribution in [0.4, 0.5) is 11.6 Å². The van der Waals surface area contributed by atoms with Crippen molar-refractivity contribution in [3.63, 3.8) is 0 Å². The summed E-state index contributed by atoms with van der Waals surface area (Å²) in [4.78, 5) is 19.5. The van der Waals surface area contributed by atoms with E-state index < -0.39 is 5.97 Å². The van der Waals surface area contributed by atoms with E-state index in [0.29, 0.717) is 17.4 Å². The number of rotatable bonds is 7. The minimum Gasteiger partial charge on any atom is -0.487 e. The number of nitrogens with zero attached hydrogens (tertiary/aromatic N) is 3. The molecule has 1 aromatic heterocycles. The second-order valence-electron chi connectivity index (χ2n) is 6.69. The quantitative estimate of drug-likeness (QED) is 0.238. The molecular weight excluding hydrogens is 394 g/mol. The van der Waals surface area contributed by atoms with E-state index in [1.165, 1.54) is 0 Å². The minimum atomic E-state index is -0.965. The molecule has 154 valence electrons. The fourth-order valence-electron chi connectivity index (χ4n) is 3.11. The lowest BCUT2D eigenvalue weighted by atomic mass is 10.0. The molecule has 0 atom stereocenters. The smallest absolute Gasteiger partial charge is 0.335 e. The van der Waals surface area contributed by atoms with E-state index in [4.69, 9.17) is 15.7 Å². The molecule has 0 aliphatic carbocycles. The van der Waals surface area contributed by atoms with Crippen molar-refractivity contribution in [3.8, 4) is 5.75 Å². The van der Waals surface area contributed by atoms with Gasteiger partial charge in [-0.1, -0.05) is 30.3 Å². The van der Waals surface area contributed by atoms with Gasteiger partial charge < -0.3 is 21.0 Å². The van der Waals surface area contributed by atoms with Gasteiger partial charge in [-0.25, -0.2) is 14.8 Å². The molecule has 0 spiro atoms. The number of carboxylic acids is 1. The van der Waals surface area contributed by atoms with Crippen LogP contribution in [0, 0.1) is 0 Å². The maximum Gasteiger partial charge on any atom is 0.335 e. The fourth-order valence-corrected chi connectivity index (χ4v) is 3.11. The number of aromatic nitrogens is 2. The average Bonchev–Trinajstić information content (AvgIpc) is 2.80. The molecule has 0 amide bonds. The van der Waals surface area contributed by atoms with Crippen LogP contribution in [0.1, 0.15) is 21.5 Å². The van der Waals surface area contributed by atoms with Crippen molar-refractivity contribution in [2.24, 2.45) is 10.9 Å². The summed E-state index contributed by atoms with van der Waals surface area (Å²) in [6.07, 6.45) is 4.87. The van der Waals surface area contributed by atoms with Gasteiger partial charge in [-0.3, -0.25) is 0 Å². The summed E-state index contributed by atoms with van der Waals surface area (Å²) < 4.78 is 6.08. The molecule has 0 unspecified atom stereocenters. The number of hydrogen-bond donors (Lipinski definition) is 3. The Labute approximate surface area is 178 Å². The monoisotopic (exact) mass is 413 g/mol. The van der Waals surface area contributed by atoms with E-state index in [9.17, 15) is 4.79 Å².